The average molecular weight is 515 g/mol. The van der Waals surface area contributed by atoms with Crippen molar-refractivity contribution in [3.05, 3.63) is 71.2 Å². The van der Waals surface area contributed by atoms with Crippen molar-refractivity contribution >= 4 is 55.6 Å². The zero-order chi connectivity index (χ0) is 25.2. The van der Waals surface area contributed by atoms with Crippen LogP contribution in [0.25, 0.3) is 11.0 Å². The quantitative estimate of drug-likeness (QED) is 0.350. The van der Waals surface area contributed by atoms with E-state index in [4.69, 9.17) is 20.8 Å². The van der Waals surface area contributed by atoms with Crippen molar-refractivity contribution < 1.29 is 27.2 Å². The summed E-state index contributed by atoms with van der Waals surface area (Å²) in [5, 5.41) is 5.06. The molecule has 2 heterocycles. The first kappa shape index (κ1) is 24.2. The van der Waals surface area contributed by atoms with Crippen molar-refractivity contribution in [1.29, 1.82) is 0 Å². The van der Waals surface area contributed by atoms with Crippen molar-refractivity contribution in [1.82, 2.24) is 9.97 Å². The molecular weight excluding hydrogens is 496 g/mol. The molecule has 35 heavy (non-hydrogen) atoms. The topological polar surface area (TPSA) is 140 Å². The smallest absolute Gasteiger partial charge is 0.293 e. The van der Waals surface area contributed by atoms with E-state index in [9.17, 15) is 18.0 Å². The molecule has 2 aromatic heterocycles. The van der Waals surface area contributed by atoms with E-state index >= 15 is 0 Å². The molecule has 0 saturated carbocycles. The number of sulfone groups is 1. The van der Waals surface area contributed by atoms with Crippen LogP contribution in [0.3, 0.4) is 0 Å². The van der Waals surface area contributed by atoms with E-state index in [0.29, 0.717) is 22.4 Å². The number of carbonyl (C=O) groups excluding carboxylic acids is 2. The molecule has 4 aromatic rings. The first-order chi connectivity index (χ1) is 16.7. The van der Waals surface area contributed by atoms with Gasteiger partial charge in [-0.15, -0.1) is 0 Å². The predicted molar refractivity (Wildman–Crippen MR) is 130 cm³/mol. The maximum Gasteiger partial charge on any atom is 0.293 e. The maximum atomic E-state index is 13.1. The number of fused-ring (bicyclic) bond motifs is 1. The van der Waals surface area contributed by atoms with E-state index in [1.54, 1.807) is 48.5 Å². The van der Waals surface area contributed by atoms with Crippen LogP contribution in [0.2, 0.25) is 5.02 Å². The van der Waals surface area contributed by atoms with Crippen molar-refractivity contribution in [2.24, 2.45) is 0 Å². The summed E-state index contributed by atoms with van der Waals surface area (Å²) in [6.07, 6.45) is 1.04. The number of nitrogens with one attached hydrogen (secondary N) is 2. The van der Waals surface area contributed by atoms with E-state index in [0.717, 1.165) is 6.20 Å². The van der Waals surface area contributed by atoms with Gasteiger partial charge in [0.15, 0.2) is 5.69 Å². The lowest BCUT2D eigenvalue weighted by atomic mass is 10.2. The number of benzene rings is 2. The number of para-hydroxylation sites is 1. The predicted octanol–water partition coefficient (Wildman–Crippen LogP) is 4.18. The minimum absolute atomic E-state index is 0.0752. The summed E-state index contributed by atoms with van der Waals surface area (Å²) in [5.41, 5.74) is 0.541. The highest BCUT2D eigenvalue weighted by molar-refractivity contribution is 7.91. The number of anilines is 2. The molecule has 12 heteroatoms. The number of halogens is 1. The molecule has 2 amide bonds. The Morgan fingerprint density at radius 1 is 1.06 bits per heavy atom. The van der Waals surface area contributed by atoms with Gasteiger partial charge in [0.25, 0.3) is 11.8 Å². The van der Waals surface area contributed by atoms with Gasteiger partial charge in [0, 0.05) is 11.1 Å². The number of amides is 2. The number of nitrogens with zero attached hydrogens (tertiary/aromatic N) is 2. The highest BCUT2D eigenvalue weighted by Gasteiger charge is 2.26. The summed E-state index contributed by atoms with van der Waals surface area (Å²) in [6, 6.07) is 13.4. The minimum atomic E-state index is -3.78. The van der Waals surface area contributed by atoms with Crippen LogP contribution < -0.4 is 15.4 Å². The van der Waals surface area contributed by atoms with Gasteiger partial charge in [0.2, 0.25) is 20.8 Å². The molecule has 0 aliphatic rings. The molecule has 4 rings (SSSR count). The lowest BCUT2D eigenvalue weighted by molar-refractivity contribution is 0.0999. The summed E-state index contributed by atoms with van der Waals surface area (Å²) in [7, 11) is -2.25. The van der Waals surface area contributed by atoms with E-state index in [1.807, 2.05) is 0 Å². The normalized spacial score (nSPS) is 11.3. The third-order valence-electron chi connectivity index (χ3n) is 4.98. The van der Waals surface area contributed by atoms with Gasteiger partial charge in [-0.1, -0.05) is 30.7 Å². The minimum Gasteiger partial charge on any atom is -0.497 e. The van der Waals surface area contributed by atoms with Gasteiger partial charge in [0.05, 0.1) is 24.1 Å². The van der Waals surface area contributed by atoms with Gasteiger partial charge in [-0.05, 0) is 36.4 Å². The zero-order valence-electron chi connectivity index (χ0n) is 18.5. The Balaban J connectivity index is 1.70. The number of furan rings is 1. The van der Waals surface area contributed by atoms with Crippen LogP contribution >= 0.6 is 11.6 Å². The number of ether oxygens (including phenoxy) is 1. The first-order valence-corrected chi connectivity index (χ1v) is 12.3. The molecule has 2 N–H and O–H groups in total. The molecule has 180 valence electrons. The Bertz CT molecular complexity index is 1530. The summed E-state index contributed by atoms with van der Waals surface area (Å²) in [5.74, 6) is -1.26. The number of hydrogen-bond acceptors (Lipinski definition) is 8. The standard InChI is InChI=1S/C23H19ClN4O6S/c1-3-35(31,32)23-25-12-16(24)19(28-23)21(29)27-18-15-6-4-5-7-17(15)34-20(18)22(30)26-13-8-10-14(33-2)11-9-13/h4-12H,3H2,1-2H3,(H,26,30)(H,27,29). The highest BCUT2D eigenvalue weighted by Crippen LogP contribution is 2.32. The van der Waals surface area contributed by atoms with Gasteiger partial charge < -0.3 is 19.8 Å². The van der Waals surface area contributed by atoms with Gasteiger partial charge >= 0.3 is 0 Å². The number of hydrogen-bond donors (Lipinski definition) is 2. The SMILES string of the molecule is CCS(=O)(=O)c1ncc(Cl)c(C(=O)Nc2c(C(=O)Nc3ccc(OC)cc3)oc3ccccc23)n1. The summed E-state index contributed by atoms with van der Waals surface area (Å²) < 4.78 is 35.2. The van der Waals surface area contributed by atoms with Crippen LogP contribution in [0.5, 0.6) is 5.75 Å². The zero-order valence-corrected chi connectivity index (χ0v) is 20.1. The van der Waals surface area contributed by atoms with Crippen LogP contribution in [0.15, 0.2) is 64.3 Å². The van der Waals surface area contributed by atoms with Crippen molar-refractivity contribution in [3.63, 3.8) is 0 Å². The Labute approximate surface area is 205 Å². The average Bonchev–Trinajstić information content (AvgIpc) is 3.23. The van der Waals surface area contributed by atoms with Crippen LogP contribution in [0.4, 0.5) is 11.4 Å². The number of rotatable bonds is 7. The second-order valence-electron chi connectivity index (χ2n) is 7.19. The fraction of sp³-hybridized carbons (Fsp3) is 0.130. The first-order valence-electron chi connectivity index (χ1n) is 10.3. The van der Waals surface area contributed by atoms with Crippen molar-refractivity contribution in [2.75, 3.05) is 23.5 Å². The monoisotopic (exact) mass is 514 g/mol. The molecule has 0 unspecified atom stereocenters. The second-order valence-corrected chi connectivity index (χ2v) is 9.77. The van der Waals surface area contributed by atoms with Gasteiger partial charge in [-0.3, -0.25) is 9.59 Å². The fourth-order valence-electron chi connectivity index (χ4n) is 3.15. The molecule has 0 aliphatic carbocycles. The summed E-state index contributed by atoms with van der Waals surface area (Å²) in [6.45, 7) is 1.43. The third kappa shape index (κ3) is 4.96. The van der Waals surface area contributed by atoms with Crippen LogP contribution in [0, 0.1) is 0 Å². The van der Waals surface area contributed by atoms with Crippen molar-refractivity contribution in [3.8, 4) is 5.75 Å². The van der Waals surface area contributed by atoms with Gasteiger partial charge in [-0.2, -0.15) is 0 Å². The molecule has 0 aliphatic heterocycles. The molecule has 0 saturated heterocycles. The van der Waals surface area contributed by atoms with Crippen LogP contribution in [-0.4, -0.2) is 43.1 Å². The Hall–Kier alpha value is -3.96. The third-order valence-corrected chi connectivity index (χ3v) is 6.77. The lowest BCUT2D eigenvalue weighted by Gasteiger charge is -2.09. The largest absolute Gasteiger partial charge is 0.497 e. The number of aromatic nitrogens is 2. The molecule has 10 nitrogen and oxygen atoms in total. The molecule has 0 radical (unpaired) electrons. The molecule has 2 aromatic carbocycles. The Morgan fingerprint density at radius 3 is 2.46 bits per heavy atom. The van der Waals surface area contributed by atoms with Crippen LogP contribution in [0.1, 0.15) is 28.0 Å². The van der Waals surface area contributed by atoms with Gasteiger partial charge in [0.1, 0.15) is 17.0 Å². The molecular formula is C23H19ClN4O6S. The Kier molecular flexibility index (Phi) is 6.72. The van der Waals surface area contributed by atoms with E-state index < -0.39 is 26.8 Å². The van der Waals surface area contributed by atoms with Gasteiger partial charge in [-0.25, -0.2) is 18.4 Å². The van der Waals surface area contributed by atoms with E-state index in [-0.39, 0.29) is 27.9 Å². The lowest BCUT2D eigenvalue weighted by Crippen LogP contribution is -2.20. The second kappa shape index (κ2) is 9.72. The van der Waals surface area contributed by atoms with Crippen LogP contribution in [-0.2, 0) is 9.84 Å². The number of methoxy groups -OCH3 is 1. The highest BCUT2D eigenvalue weighted by atomic mass is 35.5. The van der Waals surface area contributed by atoms with Crippen molar-refractivity contribution in [2.45, 2.75) is 12.1 Å². The van der Waals surface area contributed by atoms with E-state index in [2.05, 4.69) is 20.6 Å². The molecule has 0 atom stereocenters. The molecule has 0 spiro atoms. The summed E-state index contributed by atoms with van der Waals surface area (Å²) >= 11 is 6.08. The maximum absolute atomic E-state index is 13.1. The Morgan fingerprint density at radius 2 is 1.77 bits per heavy atom. The summed E-state index contributed by atoms with van der Waals surface area (Å²) in [4.78, 5) is 33.7. The molecule has 0 bridgehead atoms. The molecule has 0 fully saturated rings. The van der Waals surface area contributed by atoms with E-state index in [1.165, 1.54) is 14.0 Å². The number of carbonyl (C=O) groups is 2. The fourth-order valence-corrected chi connectivity index (χ4v) is 4.03.